The summed E-state index contributed by atoms with van der Waals surface area (Å²) in [4.78, 5) is 17.8. The van der Waals surface area contributed by atoms with Gasteiger partial charge in [-0.15, -0.1) is 0 Å². The summed E-state index contributed by atoms with van der Waals surface area (Å²) in [6, 6.07) is 6.16. The third-order valence-corrected chi connectivity index (χ3v) is 7.51. The Balaban J connectivity index is 1.79. The molecule has 0 aromatic heterocycles. The van der Waals surface area contributed by atoms with Crippen LogP contribution >= 0.6 is 11.6 Å². The fourth-order valence-electron chi connectivity index (χ4n) is 5.42. The van der Waals surface area contributed by atoms with Crippen LogP contribution in [0.15, 0.2) is 39.5 Å². The molecule has 4 atom stereocenters. The number of benzene rings is 1. The molecule has 170 valence electrons. The van der Waals surface area contributed by atoms with E-state index in [1.807, 2.05) is 0 Å². The van der Waals surface area contributed by atoms with Crippen LogP contribution in [0, 0.1) is 16.7 Å². The molecule has 3 N–H and O–H groups in total. The number of halogens is 1. The Morgan fingerprint density at radius 1 is 1.26 bits per heavy atom. The van der Waals surface area contributed by atoms with Crippen LogP contribution in [0.2, 0.25) is 5.02 Å². The maximum absolute atomic E-state index is 13.4. The zero-order valence-corrected chi connectivity index (χ0v) is 20.0. The van der Waals surface area contributed by atoms with Crippen LogP contribution in [0.4, 0.5) is 5.69 Å². The molecule has 1 aromatic carbocycles. The van der Waals surface area contributed by atoms with E-state index in [1.54, 1.807) is 24.3 Å². The Morgan fingerprint density at radius 2 is 1.97 bits per heavy atom. The number of rotatable bonds is 9. The maximum Gasteiger partial charge on any atom is 0.254 e. The SMILES string of the molecule is CCCCCN=C(N)C(N=Nc1ccc(Cl)cc1)C(=O)NC1C2(C)CCC(C2)C1(C)C. The van der Waals surface area contributed by atoms with Gasteiger partial charge in [-0.3, -0.25) is 9.79 Å². The summed E-state index contributed by atoms with van der Waals surface area (Å²) in [5, 5.41) is 12.5. The molecular weight excluding hydrogens is 410 g/mol. The predicted molar refractivity (Wildman–Crippen MR) is 127 cm³/mol. The summed E-state index contributed by atoms with van der Waals surface area (Å²) in [6.45, 7) is 9.55. The number of hydrogen-bond acceptors (Lipinski definition) is 4. The van der Waals surface area contributed by atoms with Crippen LogP contribution in [-0.4, -0.2) is 30.4 Å². The molecule has 2 fully saturated rings. The van der Waals surface area contributed by atoms with Gasteiger partial charge in [0.05, 0.1) is 5.69 Å². The molecule has 2 bridgehead atoms. The van der Waals surface area contributed by atoms with E-state index in [2.05, 4.69) is 48.2 Å². The van der Waals surface area contributed by atoms with Crippen LogP contribution in [0.5, 0.6) is 0 Å². The van der Waals surface area contributed by atoms with Gasteiger partial charge in [0.1, 0.15) is 5.84 Å². The lowest BCUT2D eigenvalue weighted by Crippen LogP contribution is -2.56. The molecule has 2 saturated carbocycles. The first-order chi connectivity index (χ1) is 14.7. The van der Waals surface area contributed by atoms with Crippen LogP contribution in [0.25, 0.3) is 0 Å². The number of hydrogen-bond donors (Lipinski definition) is 2. The number of nitrogens with two attached hydrogens (primary N) is 1. The van der Waals surface area contributed by atoms with E-state index in [9.17, 15) is 4.79 Å². The molecule has 31 heavy (non-hydrogen) atoms. The maximum atomic E-state index is 13.4. The molecule has 0 heterocycles. The Hall–Kier alpha value is -1.95. The van der Waals surface area contributed by atoms with Crippen molar-refractivity contribution in [2.24, 2.45) is 37.7 Å². The summed E-state index contributed by atoms with van der Waals surface area (Å²) in [7, 11) is 0. The first-order valence-corrected chi connectivity index (χ1v) is 11.8. The lowest BCUT2D eigenvalue weighted by Gasteiger charge is -2.43. The van der Waals surface area contributed by atoms with E-state index in [4.69, 9.17) is 17.3 Å². The summed E-state index contributed by atoms with van der Waals surface area (Å²) >= 11 is 5.95. The number of unbranched alkanes of at least 4 members (excludes halogenated alkanes) is 2. The predicted octanol–water partition coefficient (Wildman–Crippen LogP) is 5.67. The molecule has 0 saturated heterocycles. The van der Waals surface area contributed by atoms with Crippen LogP contribution in [0.3, 0.4) is 0 Å². The number of aliphatic imine (C=N–C) groups is 1. The van der Waals surface area contributed by atoms with Crippen molar-refractivity contribution in [2.75, 3.05) is 6.54 Å². The second kappa shape index (κ2) is 9.68. The van der Waals surface area contributed by atoms with Crippen molar-refractivity contribution >= 4 is 29.0 Å². The third kappa shape index (κ3) is 5.28. The first-order valence-electron chi connectivity index (χ1n) is 11.4. The van der Waals surface area contributed by atoms with Crippen molar-refractivity contribution < 1.29 is 4.79 Å². The zero-order chi connectivity index (χ0) is 22.6. The third-order valence-electron chi connectivity index (χ3n) is 7.26. The van der Waals surface area contributed by atoms with Crippen LogP contribution in [0.1, 0.15) is 66.2 Å². The highest BCUT2D eigenvalue weighted by molar-refractivity contribution is 6.30. The monoisotopic (exact) mass is 445 g/mol. The molecule has 1 aromatic rings. The first kappa shape index (κ1) is 23.7. The normalized spacial score (nSPS) is 28.2. The Kier molecular flexibility index (Phi) is 7.40. The molecule has 6 nitrogen and oxygen atoms in total. The number of amides is 1. The summed E-state index contributed by atoms with van der Waals surface area (Å²) in [5.74, 6) is 0.635. The topological polar surface area (TPSA) is 92.2 Å². The minimum absolute atomic E-state index is 0.0492. The van der Waals surface area contributed by atoms with Gasteiger partial charge in [-0.25, -0.2) is 0 Å². The molecule has 3 rings (SSSR count). The van der Waals surface area contributed by atoms with Gasteiger partial charge in [0.25, 0.3) is 5.91 Å². The fraction of sp³-hybridized carbons (Fsp3) is 0.667. The molecular formula is C24H36ClN5O. The highest BCUT2D eigenvalue weighted by atomic mass is 35.5. The highest BCUT2D eigenvalue weighted by Gasteiger charge is 2.60. The number of carbonyl (C=O) groups excluding carboxylic acids is 1. The Bertz CT molecular complexity index is 830. The summed E-state index contributed by atoms with van der Waals surface area (Å²) in [6.07, 6.45) is 6.65. The van der Waals surface area contributed by atoms with Crippen molar-refractivity contribution in [3.8, 4) is 0 Å². The van der Waals surface area contributed by atoms with Crippen molar-refractivity contribution in [1.29, 1.82) is 0 Å². The molecule has 0 radical (unpaired) electrons. The second-order valence-corrected chi connectivity index (χ2v) is 10.4. The molecule has 4 unspecified atom stereocenters. The fourth-order valence-corrected chi connectivity index (χ4v) is 5.54. The van der Waals surface area contributed by atoms with Gasteiger partial charge in [-0.2, -0.15) is 10.2 Å². The van der Waals surface area contributed by atoms with E-state index in [-0.39, 0.29) is 28.6 Å². The minimum Gasteiger partial charge on any atom is -0.385 e. The number of carbonyl (C=O) groups is 1. The average Bonchev–Trinajstić information content (AvgIpc) is 3.21. The molecule has 2 aliphatic rings. The second-order valence-electron chi connectivity index (χ2n) is 9.96. The smallest absolute Gasteiger partial charge is 0.254 e. The van der Waals surface area contributed by atoms with E-state index >= 15 is 0 Å². The van der Waals surface area contributed by atoms with E-state index < -0.39 is 6.04 Å². The Morgan fingerprint density at radius 3 is 2.58 bits per heavy atom. The summed E-state index contributed by atoms with van der Waals surface area (Å²) < 4.78 is 0. The van der Waals surface area contributed by atoms with Gasteiger partial charge in [0, 0.05) is 17.6 Å². The lowest BCUT2D eigenvalue weighted by molar-refractivity contribution is -0.123. The van der Waals surface area contributed by atoms with Gasteiger partial charge < -0.3 is 11.1 Å². The van der Waals surface area contributed by atoms with E-state index in [1.165, 1.54) is 6.42 Å². The quantitative estimate of drug-likeness (QED) is 0.222. The van der Waals surface area contributed by atoms with Gasteiger partial charge in [0.2, 0.25) is 6.04 Å². The summed E-state index contributed by atoms with van der Waals surface area (Å²) in [5.41, 5.74) is 7.04. The van der Waals surface area contributed by atoms with Gasteiger partial charge in [-0.1, -0.05) is 52.1 Å². The van der Waals surface area contributed by atoms with Crippen molar-refractivity contribution in [3.63, 3.8) is 0 Å². The number of amidine groups is 1. The van der Waals surface area contributed by atoms with Gasteiger partial charge >= 0.3 is 0 Å². The van der Waals surface area contributed by atoms with Gasteiger partial charge in [0.15, 0.2) is 0 Å². The zero-order valence-electron chi connectivity index (χ0n) is 19.2. The van der Waals surface area contributed by atoms with Gasteiger partial charge in [-0.05, 0) is 66.7 Å². The number of nitrogens with zero attached hydrogens (tertiary/aromatic N) is 3. The molecule has 1 amide bonds. The van der Waals surface area contributed by atoms with Crippen molar-refractivity contribution in [3.05, 3.63) is 29.3 Å². The van der Waals surface area contributed by atoms with E-state index in [0.29, 0.717) is 23.2 Å². The van der Waals surface area contributed by atoms with Crippen LogP contribution in [-0.2, 0) is 4.79 Å². The largest absolute Gasteiger partial charge is 0.385 e. The molecule has 0 aliphatic heterocycles. The standard InChI is InChI=1S/C24H36ClN5O/c1-5-6-7-14-27-20(26)19(30-29-18-10-8-17(25)9-11-18)21(31)28-22-23(2,3)16-12-13-24(22,4)15-16/h8-11,16,19,22H,5-7,12-15H2,1-4H3,(H2,26,27)(H,28,31). The van der Waals surface area contributed by atoms with Crippen molar-refractivity contribution in [1.82, 2.24) is 5.32 Å². The number of nitrogens with one attached hydrogen (secondary N) is 1. The lowest BCUT2D eigenvalue weighted by atomic mass is 9.68. The molecule has 7 heteroatoms. The number of fused-ring (bicyclic) bond motifs is 2. The Labute approximate surface area is 191 Å². The molecule has 0 spiro atoms. The van der Waals surface area contributed by atoms with Crippen molar-refractivity contribution in [2.45, 2.75) is 78.3 Å². The van der Waals surface area contributed by atoms with Crippen LogP contribution < -0.4 is 11.1 Å². The number of azo groups is 1. The van der Waals surface area contributed by atoms with E-state index in [0.717, 1.165) is 32.1 Å². The molecule has 2 aliphatic carbocycles. The highest BCUT2D eigenvalue weighted by Crippen LogP contribution is 2.62. The average molecular weight is 446 g/mol. The minimum atomic E-state index is -0.934.